The Bertz CT molecular complexity index is 319. The molecule has 0 fully saturated rings. The monoisotopic (exact) mass is 337 g/mol. The Labute approximate surface area is 137 Å². The zero-order chi connectivity index (χ0) is 15.1. The van der Waals surface area contributed by atoms with Gasteiger partial charge in [-0.1, -0.05) is 0 Å². The predicted molar refractivity (Wildman–Crippen MR) is 78.6 cm³/mol. The maximum Gasteiger partial charge on any atom is 0 e. The first-order valence-electron chi connectivity index (χ1n) is 7.53. The summed E-state index contributed by atoms with van der Waals surface area (Å²) in [6, 6.07) is 0. The van der Waals surface area contributed by atoms with Crippen LogP contribution in [0.25, 0.3) is 0 Å². The van der Waals surface area contributed by atoms with Gasteiger partial charge in [0.15, 0.2) is 0 Å². The average Bonchev–Trinajstić information content (AvgIpc) is 2.76. The van der Waals surface area contributed by atoms with Crippen molar-refractivity contribution in [3.63, 3.8) is 0 Å². The van der Waals surface area contributed by atoms with Crippen molar-refractivity contribution in [1.82, 2.24) is 0 Å². The second-order valence-electron chi connectivity index (χ2n) is 6.40. The maximum absolute atomic E-state index is 5.88. The van der Waals surface area contributed by atoms with Crippen LogP contribution in [0, 0.1) is 17.0 Å². The number of allylic oxidation sites excluding steroid dienone is 4. The molecule has 0 aromatic heterocycles. The number of rotatable bonds is 9. The number of hydrogen-bond acceptors (Lipinski definition) is 3. The van der Waals surface area contributed by atoms with Gasteiger partial charge in [-0.2, -0.15) is 0 Å². The van der Waals surface area contributed by atoms with Crippen molar-refractivity contribution >= 4 is 0 Å². The molecule has 1 aliphatic rings. The minimum atomic E-state index is -2.20. The van der Waals surface area contributed by atoms with Gasteiger partial charge in [-0.3, -0.25) is 0 Å². The smallest absolute Gasteiger partial charge is 0 e. The Balaban J connectivity index is 0.00000400. The molecule has 3 nitrogen and oxygen atoms in total. The molecule has 0 aliphatic heterocycles. The van der Waals surface area contributed by atoms with Crippen LogP contribution in [0.4, 0.5) is 0 Å². The Morgan fingerprint density at radius 1 is 0.952 bits per heavy atom. The zero-order valence-electron chi connectivity index (χ0n) is 13.9. The molecule has 0 aromatic rings. The molecule has 21 heavy (non-hydrogen) atoms. The van der Waals surface area contributed by atoms with Crippen molar-refractivity contribution in [1.29, 1.82) is 0 Å². The zero-order valence-corrected chi connectivity index (χ0v) is 15.5. The Hall–Kier alpha value is -0.0166. The summed E-state index contributed by atoms with van der Waals surface area (Å²) < 4.78 is 17.0. The third kappa shape index (κ3) is 8.25. The molecule has 0 atom stereocenters. The summed E-state index contributed by atoms with van der Waals surface area (Å²) in [6.07, 6.45) is 11.0. The topological polar surface area (TPSA) is 27.7 Å². The van der Waals surface area contributed by atoms with Gasteiger partial charge in [0, 0.05) is 6.15 Å². The first-order chi connectivity index (χ1) is 9.41. The second-order valence-corrected chi connectivity index (χ2v) is 8.54. The van der Waals surface area contributed by atoms with E-state index in [1.54, 1.807) is 0 Å². The van der Waals surface area contributed by atoms with E-state index in [-0.39, 0.29) is 11.6 Å². The van der Waals surface area contributed by atoms with E-state index < -0.39 is 19.0 Å². The molecule has 0 bridgehead atoms. The Morgan fingerprint density at radius 3 is 1.90 bits per heavy atom. The predicted octanol–water partition coefficient (Wildman–Crippen LogP) is 4.38. The quantitative estimate of drug-likeness (QED) is 0.585. The van der Waals surface area contributed by atoms with E-state index in [9.17, 15) is 0 Å². The van der Waals surface area contributed by atoms with Gasteiger partial charge in [-0.05, 0) is 0 Å². The second kappa shape index (κ2) is 9.89. The largest absolute Gasteiger partial charge is 0 e. The van der Waals surface area contributed by atoms with Gasteiger partial charge >= 0.3 is 131 Å². The van der Waals surface area contributed by atoms with E-state index in [1.807, 2.05) is 13.8 Å². The fourth-order valence-electron chi connectivity index (χ4n) is 2.60. The molecule has 0 aromatic carbocycles. The Kier molecular flexibility index (Phi) is 9.88. The SMILES string of the molecule is CC[O][Ti-2]([O]CC)[O]CCC1(CC(C)(C)C)C=CC=C1.[Ne]. The summed E-state index contributed by atoms with van der Waals surface area (Å²) in [5.74, 6) is 0. The Morgan fingerprint density at radius 2 is 1.48 bits per heavy atom. The van der Waals surface area contributed by atoms with E-state index in [4.69, 9.17) is 9.96 Å². The maximum atomic E-state index is 5.88. The number of hydrogen-bond donors (Lipinski definition) is 0. The van der Waals surface area contributed by atoms with Crippen LogP contribution in [-0.4, -0.2) is 19.8 Å². The van der Waals surface area contributed by atoms with E-state index in [0.29, 0.717) is 25.2 Å². The van der Waals surface area contributed by atoms with Crippen molar-refractivity contribution in [2.24, 2.45) is 10.8 Å². The van der Waals surface area contributed by atoms with Crippen LogP contribution < -0.4 is 0 Å². The summed E-state index contributed by atoms with van der Waals surface area (Å²) >= 11 is -2.20. The van der Waals surface area contributed by atoms with Crippen LogP contribution in [-0.2, 0) is 29.0 Å². The summed E-state index contributed by atoms with van der Waals surface area (Å²) in [6.45, 7) is 12.9. The first kappa shape index (κ1) is 21.0. The molecule has 125 valence electrons. The van der Waals surface area contributed by atoms with Crippen LogP contribution >= 0.6 is 0 Å². The molecule has 1 rings (SSSR count). The fraction of sp³-hybridized carbons (Fsp3) is 0.750. The van der Waals surface area contributed by atoms with Crippen molar-refractivity contribution in [3.8, 4) is 0 Å². The molecular weight excluding hydrogens is 308 g/mol. The molecule has 0 unspecified atom stereocenters. The van der Waals surface area contributed by atoms with Crippen LogP contribution in [0.1, 0.15) is 47.5 Å². The summed E-state index contributed by atoms with van der Waals surface area (Å²) in [5, 5.41) is 0. The van der Waals surface area contributed by atoms with Crippen LogP contribution in [0.3, 0.4) is 0 Å². The van der Waals surface area contributed by atoms with Crippen molar-refractivity contribution in [2.45, 2.75) is 47.5 Å². The fourth-order valence-corrected chi connectivity index (χ4v) is 4.14. The molecule has 0 amide bonds. The van der Waals surface area contributed by atoms with E-state index in [2.05, 4.69) is 45.1 Å². The molecule has 1 aliphatic carbocycles. The molecule has 0 saturated heterocycles. The van der Waals surface area contributed by atoms with Crippen molar-refractivity contribution < 1.29 is 35.1 Å². The van der Waals surface area contributed by atoms with Gasteiger partial charge in [0.2, 0.25) is 0 Å². The third-order valence-corrected chi connectivity index (χ3v) is 5.46. The standard InChI is InChI=1S/C12H19O.2C2H5O.Ne.Ti/c1-11(2,3)10-12(8-9-13)6-4-5-7-12;2*1-2-3;;/h4-7H,8-10H2,1-3H3;2*2H2,1H3;;/q3*-1;;+1. The molecule has 0 N–H and O–H groups in total. The van der Waals surface area contributed by atoms with Gasteiger partial charge < -0.3 is 0 Å². The average molecular weight is 337 g/mol. The van der Waals surface area contributed by atoms with Crippen LogP contribution in [0.15, 0.2) is 24.3 Å². The summed E-state index contributed by atoms with van der Waals surface area (Å²) in [4.78, 5) is 0. The molecule has 0 spiro atoms. The molecular formula is C16H29NeO3Ti-2. The van der Waals surface area contributed by atoms with Crippen molar-refractivity contribution in [2.75, 3.05) is 19.8 Å². The minimum absolute atomic E-state index is 0. The van der Waals surface area contributed by atoms with Crippen molar-refractivity contribution in [3.05, 3.63) is 24.3 Å². The van der Waals surface area contributed by atoms with E-state index >= 15 is 0 Å². The normalized spacial score (nSPS) is 16.5. The van der Waals surface area contributed by atoms with Gasteiger partial charge in [0.1, 0.15) is 0 Å². The van der Waals surface area contributed by atoms with Gasteiger partial charge in [0.25, 0.3) is 0 Å². The minimum Gasteiger partial charge on any atom is 0 e. The first-order valence-corrected chi connectivity index (χ1v) is 9.44. The molecule has 5 heteroatoms. The van der Waals surface area contributed by atoms with Gasteiger partial charge in [-0.25, -0.2) is 0 Å². The van der Waals surface area contributed by atoms with Gasteiger partial charge in [-0.15, -0.1) is 0 Å². The van der Waals surface area contributed by atoms with Gasteiger partial charge in [0.05, 0.1) is 0 Å². The van der Waals surface area contributed by atoms with E-state index in [1.165, 1.54) is 0 Å². The summed E-state index contributed by atoms with van der Waals surface area (Å²) in [7, 11) is 0. The summed E-state index contributed by atoms with van der Waals surface area (Å²) in [5.41, 5.74) is 0.443. The van der Waals surface area contributed by atoms with E-state index in [0.717, 1.165) is 12.8 Å². The third-order valence-electron chi connectivity index (χ3n) is 3.14. The molecule has 0 radical (unpaired) electrons. The molecule has 0 heterocycles. The van der Waals surface area contributed by atoms with Crippen LogP contribution in [0.5, 0.6) is 0 Å². The molecule has 0 saturated carbocycles. The van der Waals surface area contributed by atoms with Crippen LogP contribution in [0.2, 0.25) is 0 Å².